The van der Waals surface area contributed by atoms with Crippen molar-refractivity contribution in [2.75, 3.05) is 11.5 Å². The Hall–Kier alpha value is -1.04. The maximum atomic E-state index is 11.5. The Morgan fingerprint density at radius 2 is 2.18 bits per heavy atom. The maximum Gasteiger partial charge on any atom is 0.212 e. The number of rotatable bonds is 6. The van der Waals surface area contributed by atoms with Gasteiger partial charge in [0, 0.05) is 17.3 Å². The van der Waals surface area contributed by atoms with E-state index in [0.717, 1.165) is 0 Å². The first kappa shape index (κ1) is 14.0. The molecule has 0 saturated heterocycles. The van der Waals surface area contributed by atoms with Gasteiger partial charge in [-0.1, -0.05) is 23.7 Å². The quantitative estimate of drug-likeness (QED) is 0.615. The number of hydrogen-bond acceptors (Lipinski definition) is 3. The van der Waals surface area contributed by atoms with E-state index >= 15 is 0 Å². The summed E-state index contributed by atoms with van der Waals surface area (Å²) in [6.07, 6.45) is 1.99. The molecule has 1 aromatic carbocycles. The highest BCUT2D eigenvalue weighted by Gasteiger charge is 2.09. The maximum absolute atomic E-state index is 11.5. The summed E-state index contributed by atoms with van der Waals surface area (Å²) in [4.78, 5) is 0. The molecule has 0 aromatic heterocycles. The summed E-state index contributed by atoms with van der Waals surface area (Å²) in [5, 5.41) is 0.455. The number of benzene rings is 1. The van der Waals surface area contributed by atoms with Crippen LogP contribution >= 0.6 is 11.6 Å². The van der Waals surface area contributed by atoms with Crippen LogP contribution in [0.4, 0.5) is 5.69 Å². The van der Waals surface area contributed by atoms with Gasteiger partial charge in [-0.05, 0) is 24.1 Å². The van der Waals surface area contributed by atoms with Crippen molar-refractivity contribution in [3.63, 3.8) is 0 Å². The van der Waals surface area contributed by atoms with Crippen molar-refractivity contribution < 1.29 is 8.42 Å². The molecule has 0 atom stereocenters. The summed E-state index contributed by atoms with van der Waals surface area (Å²) in [6.45, 7) is 3.64. The Morgan fingerprint density at radius 1 is 1.47 bits per heavy atom. The molecule has 0 spiro atoms. The first-order valence-electron chi connectivity index (χ1n) is 5.07. The zero-order valence-electron chi connectivity index (χ0n) is 9.32. The molecule has 0 heterocycles. The number of allylic oxidation sites excluding steroid dienone is 1. The molecule has 1 aromatic rings. The zero-order chi connectivity index (χ0) is 12.9. The van der Waals surface area contributed by atoms with E-state index in [2.05, 4.69) is 11.3 Å². The van der Waals surface area contributed by atoms with E-state index in [0.29, 0.717) is 22.7 Å². The lowest BCUT2D eigenvalue weighted by atomic mass is 10.2. The van der Waals surface area contributed by atoms with Crippen LogP contribution in [0.2, 0.25) is 5.02 Å². The van der Waals surface area contributed by atoms with Gasteiger partial charge in [0.15, 0.2) is 0 Å². The first-order chi connectivity index (χ1) is 7.94. The third-order valence-corrected chi connectivity index (χ3v) is 3.86. The summed E-state index contributed by atoms with van der Waals surface area (Å²) in [7, 11) is -3.28. The van der Waals surface area contributed by atoms with Gasteiger partial charge in [0.2, 0.25) is 10.0 Å². The SMILES string of the molecule is C=CCCS(=O)(=O)NCc1ccc(N)cc1Cl. The molecule has 0 aliphatic heterocycles. The topological polar surface area (TPSA) is 72.2 Å². The van der Waals surface area contributed by atoms with Gasteiger partial charge in [-0.25, -0.2) is 13.1 Å². The molecule has 0 aliphatic carbocycles. The van der Waals surface area contributed by atoms with Gasteiger partial charge >= 0.3 is 0 Å². The van der Waals surface area contributed by atoms with E-state index in [1.807, 2.05) is 0 Å². The summed E-state index contributed by atoms with van der Waals surface area (Å²) in [5.74, 6) is 0.0308. The van der Waals surface area contributed by atoms with Crippen molar-refractivity contribution in [2.45, 2.75) is 13.0 Å². The van der Waals surface area contributed by atoms with Gasteiger partial charge in [0.25, 0.3) is 0 Å². The van der Waals surface area contributed by atoms with Crippen LogP contribution in [0, 0.1) is 0 Å². The highest BCUT2D eigenvalue weighted by atomic mass is 35.5. The van der Waals surface area contributed by atoms with Crippen molar-refractivity contribution in [1.29, 1.82) is 0 Å². The standard InChI is InChI=1S/C11H15ClN2O2S/c1-2-3-6-17(15,16)14-8-9-4-5-10(13)7-11(9)12/h2,4-5,7,14H,1,3,6,8,13H2. The third kappa shape index (κ3) is 4.77. The van der Waals surface area contributed by atoms with Crippen molar-refractivity contribution in [3.05, 3.63) is 41.4 Å². The molecule has 94 valence electrons. The highest BCUT2D eigenvalue weighted by molar-refractivity contribution is 7.89. The molecule has 0 unspecified atom stereocenters. The molecule has 3 N–H and O–H groups in total. The molecule has 6 heteroatoms. The predicted molar refractivity (Wildman–Crippen MR) is 71.3 cm³/mol. The van der Waals surface area contributed by atoms with Crippen LogP contribution in [0.1, 0.15) is 12.0 Å². The van der Waals surface area contributed by atoms with Crippen LogP contribution in [-0.2, 0) is 16.6 Å². The molecule has 1 rings (SSSR count). The van der Waals surface area contributed by atoms with Crippen LogP contribution in [0.5, 0.6) is 0 Å². The van der Waals surface area contributed by atoms with Gasteiger partial charge in [-0.3, -0.25) is 0 Å². The molecule has 17 heavy (non-hydrogen) atoms. The molecule has 0 bridgehead atoms. The molecular weight excluding hydrogens is 260 g/mol. The van der Waals surface area contributed by atoms with Crippen molar-refractivity contribution in [3.8, 4) is 0 Å². The van der Waals surface area contributed by atoms with E-state index in [1.54, 1.807) is 24.3 Å². The van der Waals surface area contributed by atoms with Crippen LogP contribution in [0.25, 0.3) is 0 Å². The largest absolute Gasteiger partial charge is 0.399 e. The molecule has 0 amide bonds. The lowest BCUT2D eigenvalue weighted by Crippen LogP contribution is -2.25. The van der Waals surface area contributed by atoms with E-state index in [9.17, 15) is 8.42 Å². The summed E-state index contributed by atoms with van der Waals surface area (Å²) in [6, 6.07) is 4.97. The summed E-state index contributed by atoms with van der Waals surface area (Å²) in [5.41, 5.74) is 6.79. The summed E-state index contributed by atoms with van der Waals surface area (Å²) >= 11 is 5.93. The number of halogens is 1. The smallest absolute Gasteiger partial charge is 0.212 e. The molecule has 0 aliphatic rings. The number of nitrogens with two attached hydrogens (primary N) is 1. The average molecular weight is 275 g/mol. The minimum absolute atomic E-state index is 0.0308. The van der Waals surface area contributed by atoms with E-state index < -0.39 is 10.0 Å². The Bertz CT molecular complexity index is 500. The monoisotopic (exact) mass is 274 g/mol. The number of hydrogen-bond donors (Lipinski definition) is 2. The second-order valence-electron chi connectivity index (χ2n) is 3.57. The van der Waals surface area contributed by atoms with Gasteiger partial charge < -0.3 is 5.73 Å². The average Bonchev–Trinajstić information content (AvgIpc) is 2.25. The van der Waals surface area contributed by atoms with Crippen LogP contribution in [-0.4, -0.2) is 14.2 Å². The highest BCUT2D eigenvalue weighted by Crippen LogP contribution is 2.19. The van der Waals surface area contributed by atoms with Gasteiger partial charge in [0.05, 0.1) is 5.75 Å². The van der Waals surface area contributed by atoms with Crippen molar-refractivity contribution in [1.82, 2.24) is 4.72 Å². The van der Waals surface area contributed by atoms with Crippen LogP contribution < -0.4 is 10.5 Å². The Labute approximate surface area is 107 Å². The number of sulfonamides is 1. The Balaban J connectivity index is 2.64. The molecule has 0 fully saturated rings. The Kier molecular flexibility index (Phi) is 4.99. The number of anilines is 1. The lowest BCUT2D eigenvalue weighted by Gasteiger charge is -2.07. The first-order valence-corrected chi connectivity index (χ1v) is 7.10. The van der Waals surface area contributed by atoms with Gasteiger partial charge in [-0.15, -0.1) is 6.58 Å². The van der Waals surface area contributed by atoms with Gasteiger partial charge in [0.1, 0.15) is 0 Å². The third-order valence-electron chi connectivity index (χ3n) is 2.15. The van der Waals surface area contributed by atoms with Crippen molar-refractivity contribution >= 4 is 27.3 Å². The molecule has 4 nitrogen and oxygen atoms in total. The second kappa shape index (κ2) is 6.05. The fraction of sp³-hybridized carbons (Fsp3) is 0.273. The lowest BCUT2D eigenvalue weighted by molar-refractivity contribution is 0.581. The minimum Gasteiger partial charge on any atom is -0.399 e. The Morgan fingerprint density at radius 3 is 2.76 bits per heavy atom. The molecule has 0 saturated carbocycles. The second-order valence-corrected chi connectivity index (χ2v) is 5.90. The molecule has 0 radical (unpaired) electrons. The van der Waals surface area contributed by atoms with Crippen LogP contribution in [0.3, 0.4) is 0 Å². The van der Waals surface area contributed by atoms with Gasteiger partial charge in [-0.2, -0.15) is 0 Å². The van der Waals surface area contributed by atoms with E-state index in [1.165, 1.54) is 0 Å². The van der Waals surface area contributed by atoms with E-state index in [4.69, 9.17) is 17.3 Å². The van der Waals surface area contributed by atoms with E-state index in [-0.39, 0.29) is 12.3 Å². The normalized spacial score (nSPS) is 11.4. The summed E-state index contributed by atoms with van der Waals surface area (Å²) < 4.78 is 25.5. The molecular formula is C11H15ClN2O2S. The van der Waals surface area contributed by atoms with Crippen molar-refractivity contribution in [2.24, 2.45) is 0 Å². The zero-order valence-corrected chi connectivity index (χ0v) is 10.9. The number of nitrogen functional groups attached to an aromatic ring is 1. The van der Waals surface area contributed by atoms with Crippen LogP contribution in [0.15, 0.2) is 30.9 Å². The fourth-order valence-corrected chi connectivity index (χ4v) is 2.46. The predicted octanol–water partition coefficient (Wildman–Crippen LogP) is 1.92. The fourth-order valence-electron chi connectivity index (χ4n) is 1.21. The minimum atomic E-state index is -3.28. The number of nitrogens with one attached hydrogen (secondary N) is 1.